The Labute approximate surface area is 163 Å². The number of aromatic nitrogens is 2. The van der Waals surface area contributed by atoms with Gasteiger partial charge in [0.15, 0.2) is 0 Å². The number of ether oxygens (including phenoxy) is 1. The fourth-order valence-corrected chi connectivity index (χ4v) is 3.18. The fraction of sp³-hybridized carbons (Fsp3) is 0.130. The van der Waals surface area contributed by atoms with E-state index >= 15 is 0 Å². The van der Waals surface area contributed by atoms with E-state index in [9.17, 15) is 4.79 Å². The van der Waals surface area contributed by atoms with Gasteiger partial charge in [-0.15, -0.1) is 0 Å². The van der Waals surface area contributed by atoms with Crippen molar-refractivity contribution in [1.82, 2.24) is 9.55 Å². The van der Waals surface area contributed by atoms with E-state index in [-0.39, 0.29) is 5.91 Å². The maximum atomic E-state index is 12.3. The quantitative estimate of drug-likeness (QED) is 0.539. The maximum Gasteiger partial charge on any atom is 0.224 e. The molecule has 140 valence electrons. The zero-order chi connectivity index (χ0) is 19.3. The summed E-state index contributed by atoms with van der Waals surface area (Å²) >= 11 is 0. The van der Waals surface area contributed by atoms with Crippen LogP contribution < -0.4 is 10.1 Å². The first-order valence-corrected chi connectivity index (χ1v) is 9.18. The fourth-order valence-electron chi connectivity index (χ4n) is 3.18. The lowest BCUT2D eigenvalue weighted by Gasteiger charge is -2.08. The van der Waals surface area contributed by atoms with Gasteiger partial charge in [-0.05, 0) is 60.5 Å². The molecule has 0 aliphatic carbocycles. The van der Waals surface area contributed by atoms with E-state index in [1.807, 2.05) is 83.7 Å². The van der Waals surface area contributed by atoms with E-state index < -0.39 is 0 Å². The second-order valence-corrected chi connectivity index (χ2v) is 6.55. The molecule has 3 aromatic carbocycles. The number of hydrogen-bond donors (Lipinski definition) is 1. The van der Waals surface area contributed by atoms with Gasteiger partial charge in [0.2, 0.25) is 5.91 Å². The number of amides is 1. The Hall–Kier alpha value is -3.60. The predicted molar refractivity (Wildman–Crippen MR) is 111 cm³/mol. The third kappa shape index (κ3) is 3.88. The molecule has 0 saturated heterocycles. The standard InChI is InChI=1S/C23H21N3O2/c1-28-20-6-4-5-17(15-20)9-14-23(27)25-18-10-12-19(13-11-18)26-16-24-21-7-2-3-8-22(21)26/h2-8,10-13,15-16H,9,14H2,1H3,(H,25,27). The number of imidazole rings is 1. The number of para-hydroxylation sites is 2. The molecule has 1 aromatic heterocycles. The Kier molecular flexibility index (Phi) is 5.06. The van der Waals surface area contributed by atoms with Gasteiger partial charge in [0.1, 0.15) is 12.1 Å². The molecule has 0 aliphatic rings. The zero-order valence-corrected chi connectivity index (χ0v) is 15.6. The monoisotopic (exact) mass is 371 g/mol. The number of benzene rings is 3. The van der Waals surface area contributed by atoms with Crippen LogP contribution in [-0.2, 0) is 11.2 Å². The van der Waals surface area contributed by atoms with Crippen LogP contribution in [0.4, 0.5) is 5.69 Å². The molecule has 0 bridgehead atoms. The average Bonchev–Trinajstić information content (AvgIpc) is 3.17. The second-order valence-electron chi connectivity index (χ2n) is 6.55. The molecule has 0 saturated carbocycles. The Bertz CT molecular complexity index is 1100. The molecule has 1 amide bonds. The number of anilines is 1. The van der Waals surface area contributed by atoms with E-state index in [1.54, 1.807) is 7.11 Å². The Morgan fingerprint density at radius 1 is 1.04 bits per heavy atom. The van der Waals surface area contributed by atoms with Crippen LogP contribution >= 0.6 is 0 Å². The highest BCUT2D eigenvalue weighted by Crippen LogP contribution is 2.20. The summed E-state index contributed by atoms with van der Waals surface area (Å²) in [5.74, 6) is 0.796. The van der Waals surface area contributed by atoms with Crippen LogP contribution in [0.2, 0.25) is 0 Å². The van der Waals surface area contributed by atoms with Gasteiger partial charge in [-0.25, -0.2) is 4.98 Å². The number of nitrogens with one attached hydrogen (secondary N) is 1. The summed E-state index contributed by atoms with van der Waals surface area (Å²) in [7, 11) is 1.64. The van der Waals surface area contributed by atoms with E-state index in [4.69, 9.17) is 4.74 Å². The summed E-state index contributed by atoms with van der Waals surface area (Å²) in [6.45, 7) is 0. The first kappa shape index (κ1) is 17.8. The highest BCUT2D eigenvalue weighted by molar-refractivity contribution is 5.91. The molecule has 0 unspecified atom stereocenters. The smallest absolute Gasteiger partial charge is 0.224 e. The van der Waals surface area contributed by atoms with Gasteiger partial charge in [-0.1, -0.05) is 24.3 Å². The summed E-state index contributed by atoms with van der Waals surface area (Å²) in [5.41, 5.74) is 4.87. The van der Waals surface area contributed by atoms with Gasteiger partial charge in [-0.2, -0.15) is 0 Å². The molecule has 0 atom stereocenters. The van der Waals surface area contributed by atoms with Gasteiger partial charge < -0.3 is 10.1 Å². The molecular formula is C23H21N3O2. The van der Waals surface area contributed by atoms with Crippen LogP contribution in [0, 0.1) is 0 Å². The number of fused-ring (bicyclic) bond motifs is 1. The van der Waals surface area contributed by atoms with E-state index in [2.05, 4.69) is 10.3 Å². The number of hydrogen-bond acceptors (Lipinski definition) is 3. The van der Waals surface area contributed by atoms with Crippen LogP contribution in [0.1, 0.15) is 12.0 Å². The minimum absolute atomic E-state index is 0.0105. The van der Waals surface area contributed by atoms with Crippen LogP contribution in [0.5, 0.6) is 5.75 Å². The number of carbonyl (C=O) groups excluding carboxylic acids is 1. The van der Waals surface area contributed by atoms with Gasteiger partial charge in [0.25, 0.3) is 0 Å². The molecule has 5 heteroatoms. The van der Waals surface area contributed by atoms with Crippen molar-refractivity contribution in [2.24, 2.45) is 0 Å². The Morgan fingerprint density at radius 3 is 2.68 bits per heavy atom. The minimum atomic E-state index is -0.0105. The highest BCUT2D eigenvalue weighted by atomic mass is 16.5. The Morgan fingerprint density at radius 2 is 1.86 bits per heavy atom. The number of aryl methyl sites for hydroxylation is 1. The second kappa shape index (κ2) is 7.96. The van der Waals surface area contributed by atoms with Gasteiger partial charge in [-0.3, -0.25) is 9.36 Å². The molecule has 0 fully saturated rings. The van der Waals surface area contributed by atoms with Crippen molar-refractivity contribution in [2.45, 2.75) is 12.8 Å². The van der Waals surface area contributed by atoms with Crippen LogP contribution in [-0.4, -0.2) is 22.6 Å². The van der Waals surface area contributed by atoms with Crippen molar-refractivity contribution in [3.8, 4) is 11.4 Å². The third-order valence-corrected chi connectivity index (χ3v) is 4.66. The topological polar surface area (TPSA) is 56.1 Å². The van der Waals surface area contributed by atoms with Crippen molar-refractivity contribution < 1.29 is 9.53 Å². The van der Waals surface area contributed by atoms with Crippen LogP contribution in [0.25, 0.3) is 16.7 Å². The molecule has 1 heterocycles. The summed E-state index contributed by atoms with van der Waals surface area (Å²) in [6, 6.07) is 23.6. The normalized spacial score (nSPS) is 10.8. The third-order valence-electron chi connectivity index (χ3n) is 4.66. The number of nitrogens with zero attached hydrogens (tertiary/aromatic N) is 2. The van der Waals surface area contributed by atoms with Gasteiger partial charge in [0.05, 0.1) is 18.1 Å². The van der Waals surface area contributed by atoms with Crippen molar-refractivity contribution in [1.29, 1.82) is 0 Å². The van der Waals surface area contributed by atoms with Crippen molar-refractivity contribution >= 4 is 22.6 Å². The van der Waals surface area contributed by atoms with E-state index in [0.717, 1.165) is 33.7 Å². The van der Waals surface area contributed by atoms with Crippen molar-refractivity contribution in [3.05, 3.63) is 84.7 Å². The average molecular weight is 371 g/mol. The number of methoxy groups -OCH3 is 1. The first-order chi connectivity index (χ1) is 13.7. The first-order valence-electron chi connectivity index (χ1n) is 9.18. The Balaban J connectivity index is 1.39. The van der Waals surface area contributed by atoms with E-state index in [1.165, 1.54) is 0 Å². The summed E-state index contributed by atoms with van der Waals surface area (Å²) in [6.07, 6.45) is 2.90. The molecule has 28 heavy (non-hydrogen) atoms. The molecule has 0 radical (unpaired) electrons. The molecule has 5 nitrogen and oxygen atoms in total. The number of carbonyl (C=O) groups is 1. The highest BCUT2D eigenvalue weighted by Gasteiger charge is 2.06. The molecule has 4 aromatic rings. The van der Waals surface area contributed by atoms with Crippen molar-refractivity contribution in [3.63, 3.8) is 0 Å². The summed E-state index contributed by atoms with van der Waals surface area (Å²) in [5, 5.41) is 2.96. The molecular weight excluding hydrogens is 350 g/mol. The SMILES string of the molecule is COc1cccc(CCC(=O)Nc2ccc(-n3cnc4ccccc43)cc2)c1. The van der Waals surface area contributed by atoms with Gasteiger partial charge in [0, 0.05) is 17.8 Å². The summed E-state index contributed by atoms with van der Waals surface area (Å²) in [4.78, 5) is 16.7. The lowest BCUT2D eigenvalue weighted by Crippen LogP contribution is -2.12. The van der Waals surface area contributed by atoms with E-state index in [0.29, 0.717) is 12.8 Å². The minimum Gasteiger partial charge on any atom is -0.497 e. The van der Waals surface area contributed by atoms with Gasteiger partial charge >= 0.3 is 0 Å². The lowest BCUT2D eigenvalue weighted by atomic mass is 10.1. The largest absolute Gasteiger partial charge is 0.497 e. The molecule has 0 spiro atoms. The predicted octanol–water partition coefficient (Wildman–Crippen LogP) is 4.61. The molecule has 4 rings (SSSR count). The maximum absolute atomic E-state index is 12.3. The number of rotatable bonds is 6. The lowest BCUT2D eigenvalue weighted by molar-refractivity contribution is -0.116. The zero-order valence-electron chi connectivity index (χ0n) is 15.6. The van der Waals surface area contributed by atoms with Crippen LogP contribution in [0.3, 0.4) is 0 Å². The summed E-state index contributed by atoms with van der Waals surface area (Å²) < 4.78 is 7.25. The molecule has 0 aliphatic heterocycles. The van der Waals surface area contributed by atoms with Crippen LogP contribution in [0.15, 0.2) is 79.1 Å². The van der Waals surface area contributed by atoms with Crippen molar-refractivity contribution in [2.75, 3.05) is 12.4 Å². The molecule has 1 N–H and O–H groups in total.